The van der Waals surface area contributed by atoms with Gasteiger partial charge in [-0.2, -0.15) is 0 Å². The normalized spacial score (nSPS) is 31.3. The fraction of sp³-hybridized carbons (Fsp3) is 0.769. The van der Waals surface area contributed by atoms with Crippen molar-refractivity contribution in [3.05, 3.63) is 12.2 Å². The molecule has 1 fully saturated rings. The molecule has 3 nitrogen and oxygen atoms in total. The molecule has 1 amide bonds. The van der Waals surface area contributed by atoms with Gasteiger partial charge in [-0.25, -0.2) is 0 Å². The van der Waals surface area contributed by atoms with Crippen molar-refractivity contribution in [2.75, 3.05) is 0 Å². The molecule has 2 aliphatic rings. The van der Waals surface area contributed by atoms with Gasteiger partial charge in [0.05, 0.1) is 12.1 Å². The van der Waals surface area contributed by atoms with Crippen molar-refractivity contribution >= 4 is 5.91 Å². The summed E-state index contributed by atoms with van der Waals surface area (Å²) in [5, 5.41) is 12.9. The third-order valence-electron chi connectivity index (χ3n) is 3.69. The molecule has 0 spiro atoms. The molecule has 2 aliphatic carbocycles. The summed E-state index contributed by atoms with van der Waals surface area (Å²) in [6.07, 6.45) is 10.6. The number of hydrogen-bond donors (Lipinski definition) is 2. The zero-order valence-corrected chi connectivity index (χ0v) is 9.69. The quantitative estimate of drug-likeness (QED) is 0.553. The van der Waals surface area contributed by atoms with E-state index in [1.54, 1.807) is 0 Å². The predicted molar refractivity (Wildman–Crippen MR) is 62.9 cm³/mol. The Kier molecular flexibility index (Phi) is 3.99. The molecule has 2 unspecified atom stereocenters. The molecule has 16 heavy (non-hydrogen) atoms. The number of aliphatic hydroxyl groups excluding tert-OH is 1. The van der Waals surface area contributed by atoms with E-state index in [9.17, 15) is 9.90 Å². The largest absolute Gasteiger partial charge is 0.391 e. The Morgan fingerprint density at radius 2 is 1.81 bits per heavy atom. The van der Waals surface area contributed by atoms with Crippen molar-refractivity contribution in [2.45, 2.75) is 57.1 Å². The van der Waals surface area contributed by atoms with Gasteiger partial charge in [-0.05, 0) is 25.7 Å². The molecular weight excluding hydrogens is 202 g/mol. The van der Waals surface area contributed by atoms with Crippen molar-refractivity contribution < 1.29 is 9.90 Å². The Labute approximate surface area is 96.9 Å². The Bertz CT molecular complexity index is 267. The summed E-state index contributed by atoms with van der Waals surface area (Å²) >= 11 is 0. The molecule has 0 aliphatic heterocycles. The van der Waals surface area contributed by atoms with E-state index in [0.717, 1.165) is 38.5 Å². The lowest BCUT2D eigenvalue weighted by Crippen LogP contribution is -2.44. The van der Waals surface area contributed by atoms with E-state index in [2.05, 4.69) is 17.5 Å². The molecular formula is C13H21NO2. The molecule has 2 N–H and O–H groups in total. The van der Waals surface area contributed by atoms with Gasteiger partial charge in [0, 0.05) is 5.92 Å². The maximum absolute atomic E-state index is 11.9. The average molecular weight is 223 g/mol. The number of hydrogen-bond acceptors (Lipinski definition) is 2. The maximum atomic E-state index is 11.9. The molecule has 2 atom stereocenters. The van der Waals surface area contributed by atoms with Gasteiger partial charge in [-0.3, -0.25) is 4.79 Å². The fourth-order valence-electron chi connectivity index (χ4n) is 2.59. The molecule has 2 rings (SSSR count). The lowest BCUT2D eigenvalue weighted by molar-refractivity contribution is -0.126. The van der Waals surface area contributed by atoms with Crippen LogP contribution in [0.5, 0.6) is 0 Å². The number of carbonyl (C=O) groups is 1. The van der Waals surface area contributed by atoms with Crippen molar-refractivity contribution in [3.63, 3.8) is 0 Å². The van der Waals surface area contributed by atoms with Crippen LogP contribution in [-0.2, 0) is 4.79 Å². The first-order valence-corrected chi connectivity index (χ1v) is 6.41. The molecule has 0 bridgehead atoms. The van der Waals surface area contributed by atoms with Crippen LogP contribution in [0.3, 0.4) is 0 Å². The van der Waals surface area contributed by atoms with E-state index in [1.807, 2.05) is 0 Å². The van der Waals surface area contributed by atoms with Crippen LogP contribution in [-0.4, -0.2) is 23.2 Å². The van der Waals surface area contributed by atoms with Gasteiger partial charge >= 0.3 is 0 Å². The summed E-state index contributed by atoms with van der Waals surface area (Å²) < 4.78 is 0. The highest BCUT2D eigenvalue weighted by molar-refractivity contribution is 5.79. The lowest BCUT2D eigenvalue weighted by atomic mass is 10.0. The molecule has 3 heteroatoms. The topological polar surface area (TPSA) is 49.3 Å². The molecule has 0 saturated heterocycles. The summed E-state index contributed by atoms with van der Waals surface area (Å²) in [7, 11) is 0. The van der Waals surface area contributed by atoms with Crippen LogP contribution in [0.15, 0.2) is 12.2 Å². The van der Waals surface area contributed by atoms with Crippen molar-refractivity contribution in [2.24, 2.45) is 5.92 Å². The molecule has 0 radical (unpaired) electrons. The van der Waals surface area contributed by atoms with E-state index >= 15 is 0 Å². The van der Waals surface area contributed by atoms with Gasteiger partial charge in [-0.1, -0.05) is 31.4 Å². The van der Waals surface area contributed by atoms with Gasteiger partial charge in [0.1, 0.15) is 0 Å². The highest BCUT2D eigenvalue weighted by Crippen LogP contribution is 2.21. The van der Waals surface area contributed by atoms with E-state index in [-0.39, 0.29) is 24.0 Å². The van der Waals surface area contributed by atoms with E-state index in [1.165, 1.54) is 6.42 Å². The minimum Gasteiger partial charge on any atom is -0.391 e. The number of aliphatic hydroxyl groups is 1. The van der Waals surface area contributed by atoms with Crippen LogP contribution in [0.25, 0.3) is 0 Å². The number of carbonyl (C=O) groups excluding carboxylic acids is 1. The Morgan fingerprint density at radius 1 is 1.12 bits per heavy atom. The van der Waals surface area contributed by atoms with Crippen molar-refractivity contribution in [1.29, 1.82) is 0 Å². The standard InChI is InChI=1S/C13H21NO2/c15-12-9-3-1-2-8-11(12)14-13(16)10-6-4-5-7-10/h4-5,10-12,15H,1-3,6-9H2,(H,14,16). The minimum atomic E-state index is -0.346. The second kappa shape index (κ2) is 5.48. The smallest absolute Gasteiger partial charge is 0.224 e. The third kappa shape index (κ3) is 2.85. The maximum Gasteiger partial charge on any atom is 0.224 e. The van der Waals surface area contributed by atoms with Crippen LogP contribution in [0.4, 0.5) is 0 Å². The number of amides is 1. The van der Waals surface area contributed by atoms with E-state index in [4.69, 9.17) is 0 Å². The monoisotopic (exact) mass is 223 g/mol. The van der Waals surface area contributed by atoms with E-state index < -0.39 is 0 Å². The summed E-state index contributed by atoms with van der Waals surface area (Å²) in [6.45, 7) is 0. The summed E-state index contributed by atoms with van der Waals surface area (Å²) in [4.78, 5) is 11.9. The van der Waals surface area contributed by atoms with Gasteiger partial charge in [0.15, 0.2) is 0 Å². The second-order valence-electron chi connectivity index (χ2n) is 4.96. The first kappa shape index (κ1) is 11.6. The molecule has 0 heterocycles. The predicted octanol–water partition coefficient (Wildman–Crippen LogP) is 1.76. The van der Waals surface area contributed by atoms with Crippen LogP contribution in [0.1, 0.15) is 44.9 Å². The third-order valence-corrected chi connectivity index (χ3v) is 3.69. The van der Waals surface area contributed by atoms with Crippen molar-refractivity contribution in [1.82, 2.24) is 5.32 Å². The van der Waals surface area contributed by atoms with Gasteiger partial charge < -0.3 is 10.4 Å². The number of allylic oxidation sites excluding steroid dienone is 2. The summed E-state index contributed by atoms with van der Waals surface area (Å²) in [6, 6.07) is -0.0180. The summed E-state index contributed by atoms with van der Waals surface area (Å²) in [5.74, 6) is 0.228. The molecule has 0 aromatic rings. The van der Waals surface area contributed by atoms with Crippen LogP contribution < -0.4 is 5.32 Å². The summed E-state index contributed by atoms with van der Waals surface area (Å²) in [5.41, 5.74) is 0. The fourth-order valence-corrected chi connectivity index (χ4v) is 2.59. The zero-order valence-electron chi connectivity index (χ0n) is 9.69. The van der Waals surface area contributed by atoms with Crippen LogP contribution in [0.2, 0.25) is 0 Å². The Morgan fingerprint density at radius 3 is 2.56 bits per heavy atom. The van der Waals surface area contributed by atoms with Crippen molar-refractivity contribution in [3.8, 4) is 0 Å². The molecule has 90 valence electrons. The molecule has 0 aromatic carbocycles. The average Bonchev–Trinajstić information content (AvgIpc) is 2.73. The van der Waals surface area contributed by atoms with E-state index in [0.29, 0.717) is 0 Å². The van der Waals surface area contributed by atoms with Crippen LogP contribution >= 0.6 is 0 Å². The highest BCUT2D eigenvalue weighted by Gasteiger charge is 2.26. The minimum absolute atomic E-state index is 0.0180. The van der Waals surface area contributed by atoms with Gasteiger partial charge in [0.25, 0.3) is 0 Å². The first-order valence-electron chi connectivity index (χ1n) is 6.41. The number of rotatable bonds is 2. The molecule has 1 saturated carbocycles. The number of nitrogens with one attached hydrogen (secondary N) is 1. The van der Waals surface area contributed by atoms with Gasteiger partial charge in [-0.15, -0.1) is 0 Å². The Balaban J connectivity index is 1.84. The second-order valence-corrected chi connectivity index (χ2v) is 4.96. The lowest BCUT2D eigenvalue weighted by Gasteiger charge is -2.23. The zero-order chi connectivity index (χ0) is 11.4. The first-order chi connectivity index (χ1) is 7.77. The Hall–Kier alpha value is -0.830. The van der Waals surface area contributed by atoms with Gasteiger partial charge in [0.2, 0.25) is 5.91 Å². The molecule has 0 aromatic heterocycles. The SMILES string of the molecule is O=C(NC1CCCCCC1O)C1CC=CC1. The van der Waals surface area contributed by atoms with Crippen LogP contribution in [0, 0.1) is 5.92 Å². The highest BCUT2D eigenvalue weighted by atomic mass is 16.3.